The Morgan fingerprint density at radius 2 is 1.60 bits per heavy atom. The van der Waals surface area contributed by atoms with Gasteiger partial charge in [0.2, 0.25) is 0 Å². The molecule has 0 saturated carbocycles. The maximum atomic E-state index is 5.25. The third-order valence-electron chi connectivity index (χ3n) is 0.134. The van der Waals surface area contributed by atoms with Gasteiger partial charge in [-0.25, -0.2) is 0 Å². The van der Waals surface area contributed by atoms with Crippen LogP contribution in [-0.4, -0.2) is 5.90 Å². The van der Waals surface area contributed by atoms with Crippen molar-refractivity contribution in [3.8, 4) is 0 Å². The summed E-state index contributed by atoms with van der Waals surface area (Å²) in [5.41, 5.74) is 0. The molecular formula is CH4Cl2P2. The van der Waals surface area contributed by atoms with Gasteiger partial charge in [0.15, 0.2) is 0 Å². The van der Waals surface area contributed by atoms with E-state index in [1.165, 1.54) is 0 Å². The first-order chi connectivity index (χ1) is 2.41. The van der Waals surface area contributed by atoms with Gasteiger partial charge < -0.3 is 0 Å². The van der Waals surface area contributed by atoms with Gasteiger partial charge in [0.25, 0.3) is 0 Å². The molecule has 0 aliphatic heterocycles. The maximum Gasteiger partial charge on any atom is 0.0102 e. The van der Waals surface area contributed by atoms with E-state index >= 15 is 0 Å². The van der Waals surface area contributed by atoms with E-state index < -0.39 is 0 Å². The molecule has 0 bridgehead atoms. The molecule has 0 N–H and O–H groups in total. The molecule has 0 amide bonds. The highest BCUT2D eigenvalue weighted by molar-refractivity contribution is 7.82. The van der Waals surface area contributed by atoms with Gasteiger partial charge in [0, 0.05) is 5.90 Å². The average Bonchev–Trinajstić information content (AvgIpc) is 1.41. The van der Waals surface area contributed by atoms with Gasteiger partial charge in [-0.15, -0.1) is 0 Å². The van der Waals surface area contributed by atoms with Gasteiger partial charge in [0.1, 0.15) is 0 Å². The molecule has 32 valence electrons. The molecule has 5 heavy (non-hydrogen) atoms. The lowest BCUT2D eigenvalue weighted by Gasteiger charge is -1.75. The number of hydrogen-bond acceptors (Lipinski definition) is 0. The molecule has 0 spiro atoms. The van der Waals surface area contributed by atoms with Gasteiger partial charge in [-0.2, -0.15) is 0 Å². The van der Waals surface area contributed by atoms with Crippen molar-refractivity contribution in [2.75, 3.05) is 5.90 Å². The lowest BCUT2D eigenvalue weighted by molar-refractivity contribution is 2.29. The van der Waals surface area contributed by atoms with Gasteiger partial charge >= 0.3 is 0 Å². The monoisotopic (exact) mass is 148 g/mol. The fourth-order valence-corrected chi connectivity index (χ4v) is 2.05. The van der Waals surface area contributed by atoms with E-state index in [0.29, 0.717) is 15.9 Å². The smallest absolute Gasteiger partial charge is 0.0102 e. The lowest BCUT2D eigenvalue weighted by Crippen LogP contribution is -1.36. The first kappa shape index (κ1) is 6.44. The second kappa shape index (κ2) is 5.44. The molecule has 0 saturated heterocycles. The average molecular weight is 149 g/mol. The fourth-order valence-electron chi connectivity index (χ4n) is 0.0253. The minimum atomic E-state index is 0.510. The Hall–Kier alpha value is 1.44. The fraction of sp³-hybridized carbons (Fsp3) is 1.00. The minimum Gasteiger partial charge on any atom is -0.0997 e. The normalized spacial score (nSPS) is 13.2. The van der Waals surface area contributed by atoms with Crippen LogP contribution in [0.15, 0.2) is 0 Å². The molecule has 0 rings (SSSR count). The summed E-state index contributed by atoms with van der Waals surface area (Å²) in [7, 11) is 1.02. The van der Waals surface area contributed by atoms with Crippen molar-refractivity contribution in [2.45, 2.75) is 0 Å². The van der Waals surface area contributed by atoms with Crippen LogP contribution < -0.4 is 0 Å². The van der Waals surface area contributed by atoms with E-state index in [4.69, 9.17) is 22.5 Å². The molecule has 0 nitrogen and oxygen atoms in total. The zero-order chi connectivity index (χ0) is 4.12. The summed E-state index contributed by atoms with van der Waals surface area (Å²) >= 11 is 10.5. The second-order valence-electron chi connectivity index (χ2n) is 0.444. The van der Waals surface area contributed by atoms with Crippen LogP contribution in [0.2, 0.25) is 0 Å². The largest absolute Gasteiger partial charge is 0.0997 e. The summed E-state index contributed by atoms with van der Waals surface area (Å²) in [6, 6.07) is 0. The molecule has 2 atom stereocenters. The molecule has 0 aliphatic rings. The van der Waals surface area contributed by atoms with Crippen LogP contribution in [0.1, 0.15) is 0 Å². The predicted octanol–water partition coefficient (Wildman–Crippen LogP) is 2.61. The summed E-state index contributed by atoms with van der Waals surface area (Å²) < 4.78 is 0. The van der Waals surface area contributed by atoms with Crippen molar-refractivity contribution in [2.24, 2.45) is 0 Å². The third kappa shape index (κ3) is 5.44. The van der Waals surface area contributed by atoms with Crippen molar-refractivity contribution >= 4 is 38.3 Å². The van der Waals surface area contributed by atoms with E-state index in [1.54, 1.807) is 0 Å². The molecule has 4 heteroatoms. The Bertz CT molecular complexity index is 15.1. The number of halogens is 2. The van der Waals surface area contributed by atoms with E-state index in [2.05, 4.69) is 0 Å². The molecule has 2 unspecified atom stereocenters. The number of hydrogen-bond donors (Lipinski definition) is 0. The molecule has 0 aliphatic carbocycles. The topological polar surface area (TPSA) is 0 Å². The van der Waals surface area contributed by atoms with Crippen LogP contribution >= 0.6 is 38.3 Å². The van der Waals surface area contributed by atoms with E-state index in [-0.39, 0.29) is 0 Å². The Kier molecular flexibility index (Phi) is 7.01. The highest BCUT2D eigenvalue weighted by Crippen LogP contribution is 2.29. The van der Waals surface area contributed by atoms with Crippen LogP contribution in [0.4, 0.5) is 0 Å². The highest BCUT2D eigenvalue weighted by Gasteiger charge is 1.71. The SMILES string of the molecule is ClPCPCl. The molecule has 0 fully saturated rings. The van der Waals surface area contributed by atoms with Crippen molar-refractivity contribution < 1.29 is 0 Å². The predicted molar refractivity (Wildman–Crippen MR) is 33.2 cm³/mol. The van der Waals surface area contributed by atoms with E-state index in [0.717, 1.165) is 5.90 Å². The maximum absolute atomic E-state index is 5.25. The van der Waals surface area contributed by atoms with Crippen molar-refractivity contribution in [1.82, 2.24) is 0 Å². The Labute approximate surface area is 44.8 Å². The first-order valence-electron chi connectivity index (χ1n) is 1.09. The minimum absolute atomic E-state index is 0.510. The zero-order valence-electron chi connectivity index (χ0n) is 2.46. The van der Waals surface area contributed by atoms with Crippen molar-refractivity contribution in [3.63, 3.8) is 0 Å². The highest BCUT2D eigenvalue weighted by atomic mass is 35.7. The van der Waals surface area contributed by atoms with E-state index in [1.807, 2.05) is 0 Å². The summed E-state index contributed by atoms with van der Waals surface area (Å²) in [6.07, 6.45) is 0. The quantitative estimate of drug-likeness (QED) is 0.529. The lowest BCUT2D eigenvalue weighted by atomic mass is 11.9. The van der Waals surface area contributed by atoms with Gasteiger partial charge in [-0.1, -0.05) is 22.5 Å². The van der Waals surface area contributed by atoms with Crippen LogP contribution in [0.3, 0.4) is 0 Å². The first-order valence-corrected chi connectivity index (χ1v) is 5.52. The summed E-state index contributed by atoms with van der Waals surface area (Å²) in [6.45, 7) is 0. The van der Waals surface area contributed by atoms with Gasteiger partial charge in [-0.3, -0.25) is 0 Å². The van der Waals surface area contributed by atoms with Crippen molar-refractivity contribution in [1.29, 1.82) is 0 Å². The summed E-state index contributed by atoms with van der Waals surface area (Å²) in [5.74, 6) is 0.975. The number of rotatable bonds is 2. The standard InChI is InChI=1S/CH4Cl2P2/c2-4-1-5-3/h4-5H,1H2. The third-order valence-corrected chi connectivity index (χ3v) is 3.61. The van der Waals surface area contributed by atoms with Gasteiger partial charge in [-0.05, 0) is 15.9 Å². The molecule has 0 aromatic heterocycles. The molecule has 0 radical (unpaired) electrons. The molecule has 0 aromatic carbocycles. The summed E-state index contributed by atoms with van der Waals surface area (Å²) in [4.78, 5) is 0. The second-order valence-corrected chi connectivity index (χ2v) is 4.00. The molecule has 0 aromatic rings. The Morgan fingerprint density at radius 3 is 1.60 bits per heavy atom. The van der Waals surface area contributed by atoms with Crippen LogP contribution in [0.5, 0.6) is 0 Å². The van der Waals surface area contributed by atoms with Crippen LogP contribution in [0, 0.1) is 0 Å². The Balaban J connectivity index is 2.19. The summed E-state index contributed by atoms with van der Waals surface area (Å²) in [5, 5.41) is 0. The zero-order valence-corrected chi connectivity index (χ0v) is 5.97. The Morgan fingerprint density at radius 1 is 1.20 bits per heavy atom. The van der Waals surface area contributed by atoms with Gasteiger partial charge in [0.05, 0.1) is 0 Å². The van der Waals surface area contributed by atoms with Crippen LogP contribution in [-0.2, 0) is 0 Å². The van der Waals surface area contributed by atoms with E-state index in [9.17, 15) is 0 Å². The van der Waals surface area contributed by atoms with Crippen molar-refractivity contribution in [3.05, 3.63) is 0 Å². The molecular weight excluding hydrogens is 145 g/mol. The van der Waals surface area contributed by atoms with Crippen LogP contribution in [0.25, 0.3) is 0 Å². The molecule has 0 heterocycles.